The van der Waals surface area contributed by atoms with Crippen LogP contribution in [0.4, 0.5) is 5.69 Å². The van der Waals surface area contributed by atoms with Crippen molar-refractivity contribution in [2.45, 2.75) is 26.3 Å². The summed E-state index contributed by atoms with van der Waals surface area (Å²) in [6.45, 7) is 4.73. The van der Waals surface area contributed by atoms with Gasteiger partial charge in [0.2, 0.25) is 5.91 Å². The maximum atomic E-state index is 12.0. The van der Waals surface area contributed by atoms with Crippen molar-refractivity contribution in [1.29, 1.82) is 0 Å². The van der Waals surface area contributed by atoms with Gasteiger partial charge in [0.05, 0.1) is 5.92 Å². The number of benzene rings is 1. The predicted molar refractivity (Wildman–Crippen MR) is 67.0 cm³/mol. The summed E-state index contributed by atoms with van der Waals surface area (Å²) < 4.78 is 0. The van der Waals surface area contributed by atoms with Crippen molar-refractivity contribution >= 4 is 11.6 Å². The van der Waals surface area contributed by atoms with E-state index in [2.05, 4.69) is 10.6 Å². The van der Waals surface area contributed by atoms with E-state index in [1.54, 1.807) is 18.2 Å². The molecule has 1 fully saturated rings. The highest BCUT2D eigenvalue weighted by Gasteiger charge is 2.29. The lowest BCUT2D eigenvalue weighted by Gasteiger charge is -2.15. The Bertz CT molecular complexity index is 431. The second-order valence-electron chi connectivity index (χ2n) is 4.63. The summed E-state index contributed by atoms with van der Waals surface area (Å²) in [7, 11) is 0. The number of carbonyl (C=O) groups is 1. The van der Waals surface area contributed by atoms with Crippen molar-refractivity contribution < 1.29 is 9.90 Å². The molecule has 1 aromatic carbocycles. The topological polar surface area (TPSA) is 61.4 Å². The summed E-state index contributed by atoms with van der Waals surface area (Å²) in [4.78, 5) is 12.0. The van der Waals surface area contributed by atoms with Crippen LogP contribution in [0.15, 0.2) is 18.2 Å². The first-order chi connectivity index (χ1) is 8.08. The van der Waals surface area contributed by atoms with Crippen molar-refractivity contribution in [2.24, 2.45) is 5.92 Å². The number of amides is 1. The Hall–Kier alpha value is -1.55. The molecule has 0 radical (unpaired) electrons. The van der Waals surface area contributed by atoms with Gasteiger partial charge in [0.1, 0.15) is 5.75 Å². The molecule has 1 aliphatic rings. The third-order valence-corrected chi connectivity index (χ3v) is 3.33. The van der Waals surface area contributed by atoms with E-state index in [0.717, 1.165) is 24.2 Å². The number of rotatable bonds is 2. The van der Waals surface area contributed by atoms with Crippen LogP contribution >= 0.6 is 0 Å². The van der Waals surface area contributed by atoms with Crippen molar-refractivity contribution in [2.75, 3.05) is 11.9 Å². The molecule has 1 amide bonds. The lowest BCUT2D eigenvalue weighted by atomic mass is 10.0. The minimum Gasteiger partial charge on any atom is -0.508 e. The van der Waals surface area contributed by atoms with Crippen LogP contribution in [0.5, 0.6) is 5.75 Å². The first kappa shape index (κ1) is 11.9. The highest BCUT2D eigenvalue weighted by Crippen LogP contribution is 2.22. The molecule has 92 valence electrons. The van der Waals surface area contributed by atoms with Gasteiger partial charge in [0.25, 0.3) is 0 Å². The van der Waals surface area contributed by atoms with Crippen LogP contribution in [0.1, 0.15) is 18.9 Å². The van der Waals surface area contributed by atoms with E-state index >= 15 is 0 Å². The molecule has 4 nitrogen and oxygen atoms in total. The number of aryl methyl sites for hydroxylation is 1. The standard InChI is InChI=1S/C13H18N2O2/c1-8-7-10(3-4-12(8)16)15-13(17)11-5-6-14-9(11)2/h3-4,7,9,11,14,16H,5-6H2,1-2H3,(H,15,17). The molecule has 0 aromatic heterocycles. The third-order valence-electron chi connectivity index (χ3n) is 3.33. The van der Waals surface area contributed by atoms with Crippen molar-refractivity contribution in [1.82, 2.24) is 5.32 Å². The maximum absolute atomic E-state index is 12.0. The normalized spacial score (nSPS) is 23.6. The number of aromatic hydroxyl groups is 1. The van der Waals surface area contributed by atoms with Gasteiger partial charge in [-0.3, -0.25) is 4.79 Å². The third kappa shape index (κ3) is 2.58. The SMILES string of the molecule is Cc1cc(NC(=O)C2CCNC2C)ccc1O. The van der Waals surface area contributed by atoms with Crippen molar-refractivity contribution in [3.8, 4) is 5.75 Å². The predicted octanol–water partition coefficient (Wildman–Crippen LogP) is 1.64. The van der Waals surface area contributed by atoms with Crippen LogP contribution in [0, 0.1) is 12.8 Å². The molecular weight excluding hydrogens is 216 g/mol. The molecule has 17 heavy (non-hydrogen) atoms. The smallest absolute Gasteiger partial charge is 0.229 e. The van der Waals surface area contributed by atoms with E-state index in [1.807, 2.05) is 13.8 Å². The van der Waals surface area contributed by atoms with Crippen molar-refractivity contribution in [3.63, 3.8) is 0 Å². The first-order valence-electron chi connectivity index (χ1n) is 5.92. The van der Waals surface area contributed by atoms with Gasteiger partial charge in [-0.25, -0.2) is 0 Å². The zero-order valence-electron chi connectivity index (χ0n) is 10.2. The fourth-order valence-electron chi connectivity index (χ4n) is 2.19. The van der Waals surface area contributed by atoms with Crippen LogP contribution in [-0.4, -0.2) is 23.6 Å². The molecule has 4 heteroatoms. The second-order valence-corrected chi connectivity index (χ2v) is 4.63. The summed E-state index contributed by atoms with van der Waals surface area (Å²) in [6.07, 6.45) is 0.879. The molecule has 1 heterocycles. The van der Waals surface area contributed by atoms with Gasteiger partial charge >= 0.3 is 0 Å². The van der Waals surface area contributed by atoms with E-state index in [0.29, 0.717) is 0 Å². The van der Waals surface area contributed by atoms with Gasteiger partial charge in [-0.15, -0.1) is 0 Å². The fourth-order valence-corrected chi connectivity index (χ4v) is 2.19. The van der Waals surface area contributed by atoms with Crippen LogP contribution in [0.25, 0.3) is 0 Å². The van der Waals surface area contributed by atoms with Crippen molar-refractivity contribution in [3.05, 3.63) is 23.8 Å². The highest BCUT2D eigenvalue weighted by molar-refractivity contribution is 5.93. The fraction of sp³-hybridized carbons (Fsp3) is 0.462. The number of anilines is 1. The number of hydrogen-bond acceptors (Lipinski definition) is 3. The number of hydrogen-bond donors (Lipinski definition) is 3. The zero-order valence-corrected chi connectivity index (χ0v) is 10.2. The lowest BCUT2D eigenvalue weighted by Crippen LogP contribution is -2.32. The quantitative estimate of drug-likeness (QED) is 0.682. The Morgan fingerprint density at radius 3 is 2.88 bits per heavy atom. The van der Waals surface area contributed by atoms with E-state index in [1.165, 1.54) is 0 Å². The van der Waals surface area contributed by atoms with Gasteiger partial charge in [0, 0.05) is 11.7 Å². The largest absolute Gasteiger partial charge is 0.508 e. The molecule has 1 aromatic rings. The Balaban J connectivity index is 2.05. The van der Waals surface area contributed by atoms with Gasteiger partial charge < -0.3 is 15.7 Å². The van der Waals surface area contributed by atoms with Gasteiger partial charge in [-0.2, -0.15) is 0 Å². The van der Waals surface area contributed by atoms with E-state index < -0.39 is 0 Å². The van der Waals surface area contributed by atoms with E-state index in [4.69, 9.17) is 0 Å². The van der Waals surface area contributed by atoms with Crippen LogP contribution in [0.2, 0.25) is 0 Å². The summed E-state index contributed by atoms with van der Waals surface area (Å²) in [5.41, 5.74) is 1.50. The molecule has 0 saturated carbocycles. The summed E-state index contributed by atoms with van der Waals surface area (Å²) in [5, 5.41) is 15.6. The lowest BCUT2D eigenvalue weighted by molar-refractivity contribution is -0.120. The molecule has 0 aliphatic carbocycles. The number of carbonyl (C=O) groups excluding carboxylic acids is 1. The molecule has 1 aliphatic heterocycles. The molecule has 2 unspecified atom stereocenters. The van der Waals surface area contributed by atoms with E-state index in [9.17, 15) is 9.90 Å². The van der Waals surface area contributed by atoms with Gasteiger partial charge in [0.15, 0.2) is 0 Å². The first-order valence-corrected chi connectivity index (χ1v) is 5.92. The molecule has 2 atom stereocenters. The molecule has 1 saturated heterocycles. The number of nitrogens with one attached hydrogen (secondary N) is 2. The summed E-state index contributed by atoms with van der Waals surface area (Å²) in [5.74, 6) is 0.329. The Kier molecular flexibility index (Phi) is 3.33. The molecule has 0 spiro atoms. The molecule has 3 N–H and O–H groups in total. The maximum Gasteiger partial charge on any atom is 0.229 e. The second kappa shape index (κ2) is 4.75. The molecule has 0 bridgehead atoms. The van der Waals surface area contributed by atoms with Crippen LogP contribution in [-0.2, 0) is 4.79 Å². The Labute approximate surface area is 101 Å². The number of phenols is 1. The number of phenolic OH excluding ortho intramolecular Hbond substituents is 1. The summed E-state index contributed by atoms with van der Waals surface area (Å²) >= 11 is 0. The Morgan fingerprint density at radius 2 is 2.29 bits per heavy atom. The highest BCUT2D eigenvalue weighted by atomic mass is 16.3. The molecule has 2 rings (SSSR count). The van der Waals surface area contributed by atoms with Crippen LogP contribution < -0.4 is 10.6 Å². The monoisotopic (exact) mass is 234 g/mol. The average molecular weight is 234 g/mol. The Morgan fingerprint density at radius 1 is 1.53 bits per heavy atom. The molecular formula is C13H18N2O2. The van der Waals surface area contributed by atoms with Gasteiger partial charge in [-0.1, -0.05) is 0 Å². The minimum atomic E-state index is 0.0316. The summed E-state index contributed by atoms with van der Waals surface area (Å²) in [6, 6.07) is 5.32. The minimum absolute atomic E-state index is 0.0316. The van der Waals surface area contributed by atoms with E-state index in [-0.39, 0.29) is 23.6 Å². The van der Waals surface area contributed by atoms with Gasteiger partial charge in [-0.05, 0) is 50.6 Å². The average Bonchev–Trinajstić information content (AvgIpc) is 2.70. The zero-order chi connectivity index (χ0) is 12.4. The van der Waals surface area contributed by atoms with Crippen LogP contribution in [0.3, 0.4) is 0 Å².